The number of nitrogens with zero attached hydrogens (tertiary/aromatic N) is 4. The van der Waals surface area contributed by atoms with Crippen LogP contribution in [0.1, 0.15) is 26.2 Å². The van der Waals surface area contributed by atoms with Crippen LogP contribution < -0.4 is 20.8 Å². The molecule has 2 unspecified atom stereocenters. The number of carbonyl (C=O) groups excluding carboxylic acids is 1. The highest BCUT2D eigenvalue weighted by molar-refractivity contribution is 5.99. The number of nitrogens with one attached hydrogen (secondary N) is 2. The van der Waals surface area contributed by atoms with Crippen LogP contribution in [0.15, 0.2) is 39.9 Å². The highest BCUT2D eigenvalue weighted by Crippen LogP contribution is 2.35. The number of amides is 1. The molecular weight excluding hydrogens is 460 g/mol. The molecule has 2 N–H and O–H groups in total. The number of aromatic amines is 2. The zero-order valence-electron chi connectivity index (χ0n) is 19.9. The molecule has 2 aromatic carbocycles. The Kier molecular flexibility index (Phi) is 4.62. The predicted molar refractivity (Wildman–Crippen MR) is 136 cm³/mol. The molecule has 36 heavy (non-hydrogen) atoms. The second-order valence-corrected chi connectivity index (χ2v) is 10.0. The van der Waals surface area contributed by atoms with Gasteiger partial charge in [0, 0.05) is 55.8 Å². The van der Waals surface area contributed by atoms with E-state index in [0.29, 0.717) is 71.5 Å². The van der Waals surface area contributed by atoms with Crippen LogP contribution in [0.5, 0.6) is 5.75 Å². The van der Waals surface area contributed by atoms with E-state index in [4.69, 9.17) is 9.72 Å². The first-order valence-corrected chi connectivity index (χ1v) is 12.5. The number of fused-ring (bicyclic) bond motifs is 5. The van der Waals surface area contributed by atoms with Crippen molar-refractivity contribution in [1.29, 1.82) is 0 Å². The van der Waals surface area contributed by atoms with Crippen LogP contribution >= 0.6 is 0 Å². The highest BCUT2D eigenvalue weighted by Gasteiger charge is 2.32. The molecule has 10 heteroatoms. The molecule has 2 saturated heterocycles. The van der Waals surface area contributed by atoms with E-state index >= 15 is 0 Å². The number of hydrogen-bond acceptors (Lipinski definition) is 6. The third-order valence-electron chi connectivity index (χ3n) is 7.74. The van der Waals surface area contributed by atoms with Crippen LogP contribution in [0.25, 0.3) is 33.2 Å². The number of rotatable bonds is 1. The Morgan fingerprint density at radius 2 is 2.00 bits per heavy atom. The minimum Gasteiger partial charge on any atom is -0.487 e. The molecule has 1 amide bonds. The fourth-order valence-corrected chi connectivity index (χ4v) is 5.88. The normalized spacial score (nSPS) is 23.6. The van der Waals surface area contributed by atoms with Crippen LogP contribution in [-0.2, 0) is 11.3 Å². The molecule has 0 spiro atoms. The SMILES string of the molecule is C[C@@H]1CC2CN1CCn1[nH]c3c(cccc3c1=O)-c1nc3c(cc(N4CCCC4=O)cc3[nH]c1=O)O2. The van der Waals surface area contributed by atoms with E-state index in [1.165, 1.54) is 0 Å². The lowest BCUT2D eigenvalue weighted by Crippen LogP contribution is -2.33. The van der Waals surface area contributed by atoms with E-state index in [9.17, 15) is 14.4 Å². The smallest absolute Gasteiger partial charge is 0.275 e. The fraction of sp³-hybridized carbons (Fsp3) is 0.385. The summed E-state index contributed by atoms with van der Waals surface area (Å²) in [5, 5.41) is 3.75. The summed E-state index contributed by atoms with van der Waals surface area (Å²) < 4.78 is 8.16. The summed E-state index contributed by atoms with van der Waals surface area (Å²) in [6, 6.07) is 9.30. The van der Waals surface area contributed by atoms with Gasteiger partial charge in [-0.2, -0.15) is 0 Å². The van der Waals surface area contributed by atoms with Crippen molar-refractivity contribution in [2.75, 3.05) is 24.5 Å². The summed E-state index contributed by atoms with van der Waals surface area (Å²) in [7, 11) is 0. The molecule has 3 aliphatic rings. The molecule has 10 nitrogen and oxygen atoms in total. The van der Waals surface area contributed by atoms with Crippen LogP contribution in [-0.4, -0.2) is 62.3 Å². The number of para-hydroxylation sites is 1. The zero-order valence-corrected chi connectivity index (χ0v) is 19.9. The summed E-state index contributed by atoms with van der Waals surface area (Å²) in [6.07, 6.45) is 2.07. The van der Waals surface area contributed by atoms with Crippen molar-refractivity contribution < 1.29 is 9.53 Å². The Labute approximate surface area is 205 Å². The van der Waals surface area contributed by atoms with Crippen molar-refractivity contribution in [2.24, 2.45) is 0 Å². The van der Waals surface area contributed by atoms with Gasteiger partial charge in [-0.3, -0.25) is 29.1 Å². The summed E-state index contributed by atoms with van der Waals surface area (Å²) in [6.45, 7) is 4.72. The monoisotopic (exact) mass is 486 g/mol. The minimum atomic E-state index is -0.368. The highest BCUT2D eigenvalue weighted by atomic mass is 16.5. The number of anilines is 1. The van der Waals surface area contributed by atoms with Gasteiger partial charge in [0.15, 0.2) is 0 Å². The van der Waals surface area contributed by atoms with Gasteiger partial charge < -0.3 is 14.6 Å². The molecule has 0 radical (unpaired) electrons. The van der Waals surface area contributed by atoms with Crippen LogP contribution in [0.3, 0.4) is 0 Å². The van der Waals surface area contributed by atoms with Gasteiger partial charge in [0.2, 0.25) is 5.91 Å². The molecule has 3 atom stereocenters. The Morgan fingerprint density at radius 1 is 1.11 bits per heavy atom. The molecule has 3 aliphatic heterocycles. The maximum atomic E-state index is 13.3. The van der Waals surface area contributed by atoms with Crippen molar-refractivity contribution in [3.8, 4) is 17.0 Å². The number of ether oxygens (including phenoxy) is 1. The van der Waals surface area contributed by atoms with Gasteiger partial charge in [-0.15, -0.1) is 0 Å². The third kappa shape index (κ3) is 3.21. The van der Waals surface area contributed by atoms with Gasteiger partial charge in [0.25, 0.3) is 11.1 Å². The molecule has 2 aromatic heterocycles. The first-order chi connectivity index (χ1) is 17.5. The number of carbonyl (C=O) groups is 1. The van der Waals surface area contributed by atoms with Crippen LogP contribution in [0.2, 0.25) is 0 Å². The van der Waals surface area contributed by atoms with Gasteiger partial charge in [-0.1, -0.05) is 12.1 Å². The largest absolute Gasteiger partial charge is 0.487 e. The maximum absolute atomic E-state index is 13.3. The third-order valence-corrected chi connectivity index (χ3v) is 7.74. The quantitative estimate of drug-likeness (QED) is 0.426. The summed E-state index contributed by atoms with van der Waals surface area (Å²) in [5.74, 6) is 0.615. The second kappa shape index (κ2) is 7.79. The zero-order chi connectivity index (χ0) is 24.6. The first-order valence-electron chi connectivity index (χ1n) is 12.5. The van der Waals surface area contributed by atoms with E-state index in [1.807, 2.05) is 6.07 Å². The number of hydrogen-bond donors (Lipinski definition) is 2. The summed E-state index contributed by atoms with van der Waals surface area (Å²) >= 11 is 0. The van der Waals surface area contributed by atoms with Crippen molar-refractivity contribution in [2.45, 2.75) is 44.9 Å². The summed E-state index contributed by atoms with van der Waals surface area (Å²) in [5.41, 5.74) is 2.64. The van der Waals surface area contributed by atoms with Gasteiger partial charge in [0.1, 0.15) is 23.1 Å². The lowest BCUT2D eigenvalue weighted by Gasteiger charge is -2.22. The Hall–Kier alpha value is -3.92. The van der Waals surface area contributed by atoms with Crippen LogP contribution in [0.4, 0.5) is 5.69 Å². The van der Waals surface area contributed by atoms with Crippen LogP contribution in [0, 0.1) is 0 Å². The lowest BCUT2D eigenvalue weighted by molar-refractivity contribution is -0.117. The van der Waals surface area contributed by atoms with Gasteiger partial charge in [0.05, 0.1) is 23.0 Å². The van der Waals surface area contributed by atoms with E-state index < -0.39 is 0 Å². The summed E-state index contributed by atoms with van der Waals surface area (Å²) in [4.78, 5) is 50.7. The molecule has 184 valence electrons. The number of H-pyrrole nitrogens is 2. The first kappa shape index (κ1) is 21.4. The average molecular weight is 487 g/mol. The standard InChI is InChI=1S/C26H26N6O4/c1-14-10-16-13-30(14)8-9-32-26(35)18-5-2-4-17(22(18)29-32)23-25(34)27-19-11-15(31-7-3-6-21(31)33)12-20(36-16)24(19)28-23/h2,4-5,11-12,14,16,29H,3,6-10,13H2,1H3,(H,27,34)/t14-,16?/m1/s1. The minimum absolute atomic E-state index is 0.0650. The number of aromatic nitrogens is 4. The van der Waals surface area contributed by atoms with Gasteiger partial charge in [-0.25, -0.2) is 4.98 Å². The lowest BCUT2D eigenvalue weighted by atomic mass is 10.1. The van der Waals surface area contributed by atoms with Crippen molar-refractivity contribution in [3.05, 3.63) is 51.0 Å². The topological polar surface area (TPSA) is 116 Å². The van der Waals surface area contributed by atoms with E-state index in [0.717, 1.165) is 12.8 Å². The van der Waals surface area contributed by atoms with Crippen molar-refractivity contribution >= 4 is 33.5 Å². The molecule has 7 rings (SSSR count). The van der Waals surface area contributed by atoms with Gasteiger partial charge in [-0.05, 0) is 25.5 Å². The number of benzene rings is 2. The molecular formula is C26H26N6O4. The van der Waals surface area contributed by atoms with Crippen molar-refractivity contribution in [1.82, 2.24) is 24.6 Å². The van der Waals surface area contributed by atoms with E-state index in [-0.39, 0.29) is 34.9 Å². The Balaban J connectivity index is 1.50. The molecule has 5 heterocycles. The predicted octanol–water partition coefficient (Wildman–Crippen LogP) is 2.22. The average Bonchev–Trinajstić information content (AvgIpc) is 3.53. The van der Waals surface area contributed by atoms with E-state index in [2.05, 4.69) is 21.9 Å². The molecule has 2 fully saturated rings. The van der Waals surface area contributed by atoms with E-state index in [1.54, 1.807) is 33.8 Å². The van der Waals surface area contributed by atoms with Crippen molar-refractivity contribution in [3.63, 3.8) is 0 Å². The second-order valence-electron chi connectivity index (χ2n) is 10.0. The molecule has 0 saturated carbocycles. The maximum Gasteiger partial charge on any atom is 0.275 e. The Bertz CT molecular complexity index is 1670. The fourth-order valence-electron chi connectivity index (χ4n) is 5.88. The van der Waals surface area contributed by atoms with Gasteiger partial charge >= 0.3 is 0 Å². The molecule has 0 aliphatic carbocycles. The molecule has 6 bridgehead atoms. The Morgan fingerprint density at radius 3 is 2.83 bits per heavy atom. The molecule has 4 aromatic rings.